The van der Waals surface area contributed by atoms with Gasteiger partial charge in [-0.25, -0.2) is 9.18 Å². The maximum absolute atomic E-state index is 13.1. The lowest BCUT2D eigenvalue weighted by Gasteiger charge is -2.08. The van der Waals surface area contributed by atoms with E-state index in [-0.39, 0.29) is 12.4 Å². The first-order valence-electron chi connectivity index (χ1n) is 5.94. The van der Waals surface area contributed by atoms with Crippen molar-refractivity contribution in [2.24, 2.45) is 0 Å². The van der Waals surface area contributed by atoms with Gasteiger partial charge in [0.25, 0.3) is 0 Å². The van der Waals surface area contributed by atoms with Gasteiger partial charge in [0.1, 0.15) is 12.4 Å². The van der Waals surface area contributed by atoms with Crippen LogP contribution >= 0.6 is 15.9 Å². The van der Waals surface area contributed by atoms with Crippen molar-refractivity contribution in [1.82, 2.24) is 0 Å². The predicted octanol–water partition coefficient (Wildman–Crippen LogP) is 3.84. The first kappa shape index (κ1) is 14.5. The molecule has 0 saturated heterocycles. The van der Waals surface area contributed by atoms with Gasteiger partial charge < -0.3 is 10.5 Å². The minimum absolute atomic E-state index is 0.00891. The number of nitrogens with two attached hydrogens (primary N) is 1. The molecule has 0 spiro atoms. The Balaban J connectivity index is 2.10. The van der Waals surface area contributed by atoms with Crippen LogP contribution < -0.4 is 5.73 Å². The number of esters is 1. The average molecular weight is 338 g/mol. The Morgan fingerprint density at radius 1 is 1.30 bits per heavy atom. The zero-order valence-electron chi connectivity index (χ0n) is 10.8. The summed E-state index contributed by atoms with van der Waals surface area (Å²) in [6.45, 7) is 1.83. The molecule has 0 aliphatic rings. The second-order valence-electron chi connectivity index (χ2n) is 4.44. The van der Waals surface area contributed by atoms with Crippen molar-refractivity contribution in [2.45, 2.75) is 13.5 Å². The van der Waals surface area contributed by atoms with Gasteiger partial charge in [-0.05, 0) is 48.9 Å². The van der Waals surface area contributed by atoms with Crippen molar-refractivity contribution in [3.05, 3.63) is 63.4 Å². The van der Waals surface area contributed by atoms with Crippen LogP contribution in [0.1, 0.15) is 21.5 Å². The predicted molar refractivity (Wildman–Crippen MR) is 78.8 cm³/mol. The Labute approximate surface area is 124 Å². The topological polar surface area (TPSA) is 52.3 Å². The number of carbonyl (C=O) groups excluding carboxylic acids is 1. The van der Waals surface area contributed by atoms with Gasteiger partial charge in [0.2, 0.25) is 0 Å². The molecule has 0 radical (unpaired) electrons. The molecule has 2 aromatic rings. The molecule has 0 bridgehead atoms. The highest BCUT2D eigenvalue weighted by Gasteiger charge is 2.10. The van der Waals surface area contributed by atoms with Gasteiger partial charge in [-0.2, -0.15) is 0 Å². The number of rotatable bonds is 3. The molecule has 0 fully saturated rings. The van der Waals surface area contributed by atoms with Crippen LogP contribution in [0.5, 0.6) is 0 Å². The molecule has 0 aliphatic heterocycles. The fraction of sp³-hybridized carbons (Fsp3) is 0.133. The quantitative estimate of drug-likeness (QED) is 0.683. The third-order valence-corrected chi connectivity index (χ3v) is 3.48. The van der Waals surface area contributed by atoms with E-state index >= 15 is 0 Å². The Morgan fingerprint density at radius 3 is 2.75 bits per heavy atom. The summed E-state index contributed by atoms with van der Waals surface area (Å²) in [4.78, 5) is 11.9. The number of anilines is 1. The van der Waals surface area contributed by atoms with Crippen LogP contribution in [0.15, 0.2) is 40.9 Å². The van der Waals surface area contributed by atoms with E-state index in [1.807, 2.05) is 6.92 Å². The second-order valence-corrected chi connectivity index (χ2v) is 5.30. The van der Waals surface area contributed by atoms with Crippen LogP contribution in [-0.4, -0.2) is 5.97 Å². The summed E-state index contributed by atoms with van der Waals surface area (Å²) in [5.41, 5.74) is 8.02. The fourth-order valence-corrected chi connectivity index (χ4v) is 2.17. The third kappa shape index (κ3) is 3.57. The van der Waals surface area contributed by atoms with E-state index < -0.39 is 5.97 Å². The lowest BCUT2D eigenvalue weighted by molar-refractivity contribution is 0.0471. The van der Waals surface area contributed by atoms with Gasteiger partial charge in [-0.1, -0.05) is 15.9 Å². The van der Waals surface area contributed by atoms with Crippen LogP contribution in [0.2, 0.25) is 0 Å². The molecule has 2 aromatic carbocycles. The molecule has 2 rings (SSSR count). The highest BCUT2D eigenvalue weighted by atomic mass is 79.9. The molecule has 0 atom stereocenters. The zero-order valence-corrected chi connectivity index (χ0v) is 12.4. The molecule has 104 valence electrons. The van der Waals surface area contributed by atoms with Crippen molar-refractivity contribution >= 4 is 27.6 Å². The van der Waals surface area contributed by atoms with Crippen LogP contribution in [0.3, 0.4) is 0 Å². The van der Waals surface area contributed by atoms with Crippen LogP contribution in [0, 0.1) is 12.7 Å². The summed E-state index contributed by atoms with van der Waals surface area (Å²) in [6, 6.07) is 9.23. The molecule has 5 heteroatoms. The Morgan fingerprint density at radius 2 is 2.05 bits per heavy atom. The van der Waals surface area contributed by atoms with Crippen molar-refractivity contribution in [3.63, 3.8) is 0 Å². The standard InChI is InChI=1S/C15H13BrFNO2/c1-9-4-10(7-13(18)5-9)15(19)20-8-11-6-12(17)2-3-14(11)16/h2-7H,8,18H2,1H3. The zero-order chi connectivity index (χ0) is 14.7. The van der Waals surface area contributed by atoms with E-state index in [4.69, 9.17) is 10.5 Å². The minimum Gasteiger partial charge on any atom is -0.457 e. The number of ether oxygens (including phenoxy) is 1. The molecule has 3 nitrogen and oxygen atoms in total. The number of nitrogen functional groups attached to an aromatic ring is 1. The number of halogens is 2. The molecule has 0 heterocycles. The van der Waals surface area contributed by atoms with E-state index in [0.717, 1.165) is 5.56 Å². The first-order chi connectivity index (χ1) is 9.45. The fourth-order valence-electron chi connectivity index (χ4n) is 1.81. The van der Waals surface area contributed by atoms with Gasteiger partial charge in [-0.3, -0.25) is 0 Å². The molecule has 2 N–H and O–H groups in total. The number of hydrogen-bond acceptors (Lipinski definition) is 3. The lowest BCUT2D eigenvalue weighted by atomic mass is 10.1. The maximum atomic E-state index is 13.1. The number of carbonyl (C=O) groups is 1. The number of hydrogen-bond donors (Lipinski definition) is 1. The highest BCUT2D eigenvalue weighted by Crippen LogP contribution is 2.20. The average Bonchev–Trinajstić information content (AvgIpc) is 2.38. The van der Waals surface area contributed by atoms with E-state index in [1.54, 1.807) is 24.3 Å². The number of benzene rings is 2. The monoisotopic (exact) mass is 337 g/mol. The maximum Gasteiger partial charge on any atom is 0.338 e. The largest absolute Gasteiger partial charge is 0.457 e. The van der Waals surface area contributed by atoms with Crippen LogP contribution in [0.25, 0.3) is 0 Å². The molecule has 0 aromatic heterocycles. The smallest absolute Gasteiger partial charge is 0.338 e. The summed E-state index contributed by atoms with van der Waals surface area (Å²) >= 11 is 3.28. The summed E-state index contributed by atoms with van der Waals surface area (Å²) in [7, 11) is 0. The first-order valence-corrected chi connectivity index (χ1v) is 6.73. The van der Waals surface area contributed by atoms with Crippen LogP contribution in [-0.2, 0) is 11.3 Å². The minimum atomic E-state index is -0.489. The van der Waals surface area contributed by atoms with Crippen molar-refractivity contribution < 1.29 is 13.9 Å². The Kier molecular flexibility index (Phi) is 4.39. The number of aryl methyl sites for hydroxylation is 1. The third-order valence-electron chi connectivity index (χ3n) is 2.70. The van der Waals surface area contributed by atoms with Gasteiger partial charge >= 0.3 is 5.97 Å². The molecule has 0 unspecified atom stereocenters. The Hall–Kier alpha value is -1.88. The van der Waals surface area contributed by atoms with Crippen molar-refractivity contribution in [3.8, 4) is 0 Å². The second kappa shape index (κ2) is 6.05. The van der Waals surface area contributed by atoms with Gasteiger partial charge in [0.15, 0.2) is 0 Å². The van der Waals surface area contributed by atoms with E-state index in [9.17, 15) is 9.18 Å². The molecule has 0 aliphatic carbocycles. The van der Waals surface area contributed by atoms with Gasteiger partial charge in [-0.15, -0.1) is 0 Å². The molecular formula is C15H13BrFNO2. The van der Waals surface area contributed by atoms with E-state index in [0.29, 0.717) is 21.3 Å². The molecule has 0 amide bonds. The molecule has 0 saturated carbocycles. The SMILES string of the molecule is Cc1cc(N)cc(C(=O)OCc2cc(F)ccc2Br)c1. The van der Waals surface area contributed by atoms with E-state index in [1.165, 1.54) is 12.1 Å². The van der Waals surface area contributed by atoms with Crippen molar-refractivity contribution in [1.29, 1.82) is 0 Å². The van der Waals surface area contributed by atoms with Crippen molar-refractivity contribution in [2.75, 3.05) is 5.73 Å². The van der Waals surface area contributed by atoms with Gasteiger partial charge in [0.05, 0.1) is 5.56 Å². The van der Waals surface area contributed by atoms with Crippen LogP contribution in [0.4, 0.5) is 10.1 Å². The normalized spacial score (nSPS) is 10.3. The molecule has 20 heavy (non-hydrogen) atoms. The Bertz CT molecular complexity index is 638. The summed E-state index contributed by atoms with van der Waals surface area (Å²) in [5, 5.41) is 0. The summed E-state index contributed by atoms with van der Waals surface area (Å²) < 4.78 is 19.0. The summed E-state index contributed by atoms with van der Waals surface area (Å²) in [5.74, 6) is -0.865. The highest BCUT2D eigenvalue weighted by molar-refractivity contribution is 9.10. The van der Waals surface area contributed by atoms with Gasteiger partial charge in [0, 0.05) is 15.7 Å². The summed E-state index contributed by atoms with van der Waals surface area (Å²) in [6.07, 6.45) is 0. The lowest BCUT2D eigenvalue weighted by Crippen LogP contribution is -2.07. The molecular weight excluding hydrogens is 325 g/mol. The van der Waals surface area contributed by atoms with E-state index in [2.05, 4.69) is 15.9 Å².